The van der Waals surface area contributed by atoms with Crippen molar-refractivity contribution in [2.45, 2.75) is 223 Å². The van der Waals surface area contributed by atoms with Gasteiger partial charge in [-0.3, -0.25) is 38.4 Å². The zero-order valence-corrected chi connectivity index (χ0v) is 75.8. The number of aliphatic hydroxyl groups is 3. The van der Waals surface area contributed by atoms with Gasteiger partial charge in [0.2, 0.25) is 17.7 Å². The van der Waals surface area contributed by atoms with E-state index in [1.54, 1.807) is 34.0 Å². The van der Waals surface area contributed by atoms with Crippen molar-refractivity contribution in [2.24, 2.45) is 39.5 Å². The molecule has 0 saturated carbocycles. The third kappa shape index (κ3) is 33.7. The topological polar surface area (TPSA) is 390 Å². The van der Waals surface area contributed by atoms with E-state index in [4.69, 9.17) is 45.0 Å². The van der Waals surface area contributed by atoms with Crippen LogP contribution < -0.4 is 11.5 Å². The molecule has 3 aliphatic heterocycles. The van der Waals surface area contributed by atoms with Crippen molar-refractivity contribution in [1.29, 1.82) is 0 Å². The van der Waals surface area contributed by atoms with Crippen molar-refractivity contribution in [3.8, 4) is 31.3 Å². The number of aromatic nitrogens is 3. The van der Waals surface area contributed by atoms with Crippen molar-refractivity contribution in [1.82, 2.24) is 29.7 Å². The highest BCUT2D eigenvalue weighted by Gasteiger charge is 2.47. The standard InChI is InChI=1S/C31H44N2O6S.C30H43N3O6S.C23H31N3O3S.C7H14O4/c1-6-13-38-14-15-39-19-25(35)16-26(31(3,4)5)30(37)33-18-24(34)17-27(33)28(36)12-9-22-7-10-23(11-8-22)29-21(2)32-20-40-29;1-20-28(40-19-32-20)22-8-5-21(6-9-22)7-10-27(36)26-16-23(34)17-33(26)29(37)25(30(2,3)4)15-24(35)18-39-14-13-38-12-11-31;1-14-20(30-13-25-14)16-8-5-15(6-9-16)7-10-19(28)18-11-17(27)12-26(18)22(29)21(24)23(2,3)4;1-2-3-10-4-5-11-6-7(8)9/h7-8,10-11,20,24,26-27,34H,6,9,12-19H2,1-5H3;5-6,8-9,19,23,25-26,34H,7,10-18,31H2,1-4H3;5-6,8-9,13,17-18,21,27H,7,10-12,24H2,1-4H3;2-6H2,1H3,(H,8,9)/t24-,26-,27+;23-,25-,26+;17-,18+,21-;/m111./s1. The summed E-state index contributed by atoms with van der Waals surface area (Å²) < 4.78 is 31.2. The molecule has 0 bridgehead atoms. The van der Waals surface area contributed by atoms with Gasteiger partial charge in [-0.1, -0.05) is 149 Å². The SMILES string of the molecule is CCCOCCOCC(=O)C[C@H](C(=O)N1C[C@H](O)C[C@H]1C(=O)CCc1ccc(-c2scnc2C)cc1)C(C)(C)C.CCCOCCOCC(=O)O.Cc1ncsc1-c1ccc(CCC(=O)[C@@H]2C[C@@H](O)CN2C(=O)[C@@H](CC(=O)COCCOCCN)C(C)(C)C)cc1.Cc1ncsc1-c1ccc(CCC(=O)[C@@H]2C[C@@H](O)CN2C(=O)[C@@H](N)C(C)(C)C)cc1. The summed E-state index contributed by atoms with van der Waals surface area (Å²) in [6.45, 7) is 31.5. The van der Waals surface area contributed by atoms with Gasteiger partial charge in [0.15, 0.2) is 28.9 Å². The number of aliphatic carboxylic acids is 1. The van der Waals surface area contributed by atoms with E-state index in [-0.39, 0.29) is 138 Å². The molecular formula is C91H132N8O19S3. The monoisotopic (exact) mass is 1740 g/mol. The number of carbonyl (C=O) groups excluding carboxylic acids is 8. The first-order valence-electron chi connectivity index (χ1n) is 42.1. The van der Waals surface area contributed by atoms with Gasteiger partial charge in [0.05, 0.1) is 137 Å². The predicted molar refractivity (Wildman–Crippen MR) is 470 cm³/mol. The third-order valence-corrected chi connectivity index (χ3v) is 24.2. The average Bonchev–Trinajstić information content (AvgIpc) is 1.70. The number of aliphatic hydroxyl groups excluding tert-OH is 3. The number of carboxylic acid groups (broad SMARTS) is 1. The first kappa shape index (κ1) is 102. The Morgan fingerprint density at radius 1 is 0.430 bits per heavy atom. The van der Waals surface area contributed by atoms with Gasteiger partial charge in [0.25, 0.3) is 0 Å². The molecule has 8 N–H and O–H groups in total. The fourth-order valence-corrected chi connectivity index (χ4v) is 16.6. The second kappa shape index (κ2) is 50.9. The molecule has 6 aromatic rings. The Labute approximate surface area is 726 Å². The van der Waals surface area contributed by atoms with E-state index in [9.17, 15) is 58.5 Å². The van der Waals surface area contributed by atoms with Gasteiger partial charge in [0, 0.05) is 103 Å². The van der Waals surface area contributed by atoms with Gasteiger partial charge < -0.3 is 75.0 Å². The summed E-state index contributed by atoms with van der Waals surface area (Å²) >= 11 is 4.81. The van der Waals surface area contributed by atoms with Crippen LogP contribution in [0.1, 0.15) is 174 Å². The Hall–Kier alpha value is -7.66. The van der Waals surface area contributed by atoms with Gasteiger partial charge in [0.1, 0.15) is 19.8 Å². The van der Waals surface area contributed by atoms with Crippen molar-refractivity contribution in [2.75, 3.05) is 105 Å². The van der Waals surface area contributed by atoms with Crippen molar-refractivity contribution < 1.29 is 92.0 Å². The van der Waals surface area contributed by atoms with Crippen LogP contribution in [0.3, 0.4) is 0 Å². The largest absolute Gasteiger partial charge is 0.480 e. The number of nitrogens with two attached hydrogens (primary N) is 2. The van der Waals surface area contributed by atoms with E-state index in [1.807, 2.05) is 174 Å². The van der Waals surface area contributed by atoms with Gasteiger partial charge in [-0.05, 0) is 103 Å². The minimum absolute atomic E-state index is 0.00504. The number of ether oxygens (including phenoxy) is 6. The van der Waals surface area contributed by atoms with Gasteiger partial charge >= 0.3 is 5.97 Å². The highest BCUT2D eigenvalue weighted by Crippen LogP contribution is 2.38. The first-order valence-corrected chi connectivity index (χ1v) is 44.7. The lowest BCUT2D eigenvalue weighted by Crippen LogP contribution is -2.53. The van der Waals surface area contributed by atoms with Crippen LogP contribution in [0.15, 0.2) is 89.3 Å². The molecule has 3 aromatic heterocycles. The predicted octanol–water partition coefficient (Wildman–Crippen LogP) is 11.3. The maximum atomic E-state index is 13.7. The molecule has 3 amide bonds. The number of hydrogen-bond donors (Lipinski definition) is 6. The van der Waals surface area contributed by atoms with Crippen LogP contribution in [-0.4, -0.2) is 251 Å². The van der Waals surface area contributed by atoms with E-state index in [0.717, 1.165) is 77.9 Å². The third-order valence-electron chi connectivity index (χ3n) is 21.2. The Kier molecular flexibility index (Phi) is 43.0. The quantitative estimate of drug-likeness (QED) is 0.0194. The molecule has 9 atom stereocenters. The number of thiazole rings is 3. The molecule has 9 rings (SSSR count). The number of benzene rings is 3. The lowest BCUT2D eigenvalue weighted by Gasteiger charge is -2.34. The van der Waals surface area contributed by atoms with Gasteiger partial charge in [-0.2, -0.15) is 0 Å². The number of nitrogens with zero attached hydrogens (tertiary/aromatic N) is 6. The van der Waals surface area contributed by atoms with Gasteiger partial charge in [-0.25, -0.2) is 19.7 Å². The number of β-amino-alcohol motifs (C(OH)–C–C–N with tert-alkyl or cyclic N) is 3. The molecule has 668 valence electrons. The highest BCUT2D eigenvalue weighted by molar-refractivity contribution is 7.14. The van der Waals surface area contributed by atoms with Crippen molar-refractivity contribution in [3.05, 3.63) is 123 Å². The molecule has 3 aromatic carbocycles. The molecule has 3 saturated heterocycles. The molecule has 3 fully saturated rings. The smallest absolute Gasteiger partial charge is 0.329 e. The van der Waals surface area contributed by atoms with Gasteiger partial charge in [-0.15, -0.1) is 34.0 Å². The van der Waals surface area contributed by atoms with E-state index >= 15 is 0 Å². The van der Waals surface area contributed by atoms with E-state index in [2.05, 4.69) is 27.1 Å². The number of hydrogen-bond acceptors (Lipinski definition) is 26. The number of carboxylic acids is 1. The summed E-state index contributed by atoms with van der Waals surface area (Å²) in [5.41, 5.74) is 25.0. The number of aryl methyl sites for hydroxylation is 6. The van der Waals surface area contributed by atoms with Crippen LogP contribution in [0.4, 0.5) is 0 Å². The molecule has 30 heteroatoms. The highest BCUT2D eigenvalue weighted by atomic mass is 32.1. The van der Waals surface area contributed by atoms with Crippen LogP contribution in [0, 0.1) is 48.9 Å². The maximum absolute atomic E-state index is 13.7. The Morgan fingerprint density at radius 2 is 0.719 bits per heavy atom. The number of carbonyl (C=O) groups is 9. The second-order valence-electron chi connectivity index (χ2n) is 34.3. The average molecular weight is 1740 g/mol. The van der Waals surface area contributed by atoms with Crippen LogP contribution in [0.2, 0.25) is 0 Å². The minimum Gasteiger partial charge on any atom is -0.480 e. The zero-order valence-electron chi connectivity index (χ0n) is 73.3. The van der Waals surface area contributed by atoms with Crippen LogP contribution in [-0.2, 0) is 90.8 Å². The summed E-state index contributed by atoms with van der Waals surface area (Å²) in [5, 5.41) is 39.1. The molecule has 121 heavy (non-hydrogen) atoms. The van der Waals surface area contributed by atoms with E-state index < -0.39 is 76.5 Å². The van der Waals surface area contributed by atoms with Crippen LogP contribution in [0.25, 0.3) is 31.3 Å². The summed E-state index contributed by atoms with van der Waals surface area (Å²) in [4.78, 5) is 136. The number of amides is 3. The van der Waals surface area contributed by atoms with Crippen LogP contribution >= 0.6 is 34.0 Å². The minimum atomic E-state index is -0.944. The number of ketones is 5. The molecule has 27 nitrogen and oxygen atoms in total. The normalized spacial score (nSPS) is 18.0. The van der Waals surface area contributed by atoms with E-state index in [0.29, 0.717) is 85.1 Å². The molecule has 0 radical (unpaired) electrons. The Balaban J connectivity index is 0.000000266. The summed E-state index contributed by atoms with van der Waals surface area (Å²) in [5.74, 6) is -3.52. The molecule has 0 unspecified atom stereocenters. The first-order chi connectivity index (χ1) is 57.4. The number of likely N-dealkylation sites (tertiary alicyclic amines) is 3. The molecule has 3 aliphatic rings. The molecule has 6 heterocycles. The lowest BCUT2D eigenvalue weighted by atomic mass is 9.76. The van der Waals surface area contributed by atoms with Crippen molar-refractivity contribution in [3.63, 3.8) is 0 Å². The second-order valence-corrected chi connectivity index (χ2v) is 36.9. The van der Waals surface area contributed by atoms with E-state index in [1.165, 1.54) is 14.7 Å². The number of rotatable bonds is 43. The fourth-order valence-electron chi connectivity index (χ4n) is 14.2. The molecule has 0 spiro atoms. The van der Waals surface area contributed by atoms with Crippen molar-refractivity contribution >= 4 is 86.6 Å². The summed E-state index contributed by atoms with van der Waals surface area (Å²) in [7, 11) is 0. The fraction of sp³-hybridized carbons (Fsp3) is 0.604. The molecule has 0 aliphatic carbocycles. The molecular weight excluding hydrogens is 1610 g/mol. The summed E-state index contributed by atoms with van der Waals surface area (Å²) in [6, 6.07) is 21.7. The lowest BCUT2D eigenvalue weighted by molar-refractivity contribution is -0.146. The Morgan fingerprint density at radius 3 is 0.983 bits per heavy atom. The summed E-state index contributed by atoms with van der Waals surface area (Å²) in [6.07, 6.45) is 2.98. The zero-order chi connectivity index (χ0) is 89.2. The van der Waals surface area contributed by atoms with Crippen LogP contribution in [0.5, 0.6) is 0 Å². The Bertz CT molecular complexity index is 4030. The maximum Gasteiger partial charge on any atom is 0.329 e. The number of Topliss-reactive ketones (excluding diaryl/α,β-unsaturated/α-hetero) is 5.